The van der Waals surface area contributed by atoms with Crippen molar-refractivity contribution in [2.45, 2.75) is 24.6 Å². The molecule has 19 heavy (non-hydrogen) atoms. The average molecular weight is 301 g/mol. The van der Waals surface area contributed by atoms with Gasteiger partial charge in [-0.15, -0.1) is 0 Å². The molecule has 1 aliphatic rings. The first-order valence-corrected chi connectivity index (χ1v) is 8.05. The van der Waals surface area contributed by atoms with Crippen LogP contribution in [0.2, 0.25) is 5.02 Å². The molecule has 102 valence electrons. The van der Waals surface area contributed by atoms with Gasteiger partial charge in [-0.25, -0.2) is 18.4 Å². The minimum absolute atomic E-state index is 0.253. The number of nitrogen functional groups attached to an aromatic ring is 1. The Hall–Kier alpha value is -1.34. The highest BCUT2D eigenvalue weighted by atomic mass is 35.5. The van der Waals surface area contributed by atoms with Crippen LogP contribution in [0.3, 0.4) is 0 Å². The molecule has 8 heteroatoms. The molecule has 0 spiro atoms. The van der Waals surface area contributed by atoms with E-state index in [-0.39, 0.29) is 11.7 Å². The predicted molar refractivity (Wildman–Crippen MR) is 73.8 cm³/mol. The van der Waals surface area contributed by atoms with Gasteiger partial charge in [0.15, 0.2) is 15.5 Å². The standard InChI is InChI=1S/C11H13ClN4O2S/c12-7-4-9-10(14-5-7)16(11(13)15-9)6-8-2-1-3-19(8,17)18/h4-5,8H,1-3,6H2,(H2,13,15). The summed E-state index contributed by atoms with van der Waals surface area (Å²) in [4.78, 5) is 8.35. The van der Waals surface area contributed by atoms with Gasteiger partial charge in [0, 0.05) is 12.7 Å². The maximum absolute atomic E-state index is 11.9. The molecule has 2 aromatic rings. The molecule has 3 rings (SSSR count). The highest BCUT2D eigenvalue weighted by molar-refractivity contribution is 7.92. The van der Waals surface area contributed by atoms with E-state index in [2.05, 4.69) is 9.97 Å². The third kappa shape index (κ3) is 2.17. The second kappa shape index (κ2) is 4.35. The van der Waals surface area contributed by atoms with Crippen molar-refractivity contribution in [3.8, 4) is 0 Å². The number of rotatable bonds is 2. The number of fused-ring (bicyclic) bond motifs is 1. The topological polar surface area (TPSA) is 90.9 Å². The Morgan fingerprint density at radius 3 is 3.00 bits per heavy atom. The van der Waals surface area contributed by atoms with Crippen LogP contribution in [-0.2, 0) is 16.4 Å². The Morgan fingerprint density at radius 1 is 1.53 bits per heavy atom. The zero-order valence-electron chi connectivity index (χ0n) is 10.1. The predicted octanol–water partition coefficient (Wildman–Crippen LogP) is 1.24. The Kier molecular flexibility index (Phi) is 2.90. The number of anilines is 1. The summed E-state index contributed by atoms with van der Waals surface area (Å²) in [6.07, 6.45) is 2.87. The van der Waals surface area contributed by atoms with Crippen LogP contribution in [0, 0.1) is 0 Å². The summed E-state index contributed by atoms with van der Waals surface area (Å²) in [6, 6.07) is 1.67. The van der Waals surface area contributed by atoms with E-state index in [0.29, 0.717) is 35.6 Å². The molecule has 2 N–H and O–H groups in total. The Morgan fingerprint density at radius 2 is 2.32 bits per heavy atom. The molecule has 0 amide bonds. The first kappa shape index (κ1) is 12.7. The van der Waals surface area contributed by atoms with Gasteiger partial charge < -0.3 is 5.73 Å². The molecule has 0 bridgehead atoms. The maximum Gasteiger partial charge on any atom is 0.202 e. The largest absolute Gasteiger partial charge is 0.369 e. The van der Waals surface area contributed by atoms with Crippen molar-refractivity contribution in [2.24, 2.45) is 0 Å². The first-order chi connectivity index (χ1) is 8.97. The molecule has 1 saturated heterocycles. The summed E-state index contributed by atoms with van der Waals surface area (Å²) in [5, 5.41) is 0.0790. The van der Waals surface area contributed by atoms with Gasteiger partial charge in [-0.05, 0) is 18.9 Å². The number of halogens is 1. The van der Waals surface area contributed by atoms with Gasteiger partial charge >= 0.3 is 0 Å². The van der Waals surface area contributed by atoms with Gasteiger partial charge in [-0.1, -0.05) is 11.6 Å². The molecule has 3 heterocycles. The quantitative estimate of drug-likeness (QED) is 0.901. The van der Waals surface area contributed by atoms with Crippen molar-refractivity contribution in [3.63, 3.8) is 0 Å². The third-order valence-electron chi connectivity index (χ3n) is 3.43. The molecule has 1 unspecified atom stereocenters. The SMILES string of the molecule is Nc1nc2cc(Cl)cnc2n1CC1CCCS1(=O)=O. The van der Waals surface area contributed by atoms with E-state index in [1.807, 2.05) is 0 Å². The van der Waals surface area contributed by atoms with Crippen LogP contribution in [0.1, 0.15) is 12.8 Å². The lowest BCUT2D eigenvalue weighted by Gasteiger charge is -2.11. The summed E-state index contributed by atoms with van der Waals surface area (Å²) in [7, 11) is -3.01. The molecule has 6 nitrogen and oxygen atoms in total. The number of nitrogens with zero attached hydrogens (tertiary/aromatic N) is 3. The van der Waals surface area contributed by atoms with Gasteiger partial charge in [0.2, 0.25) is 5.95 Å². The van der Waals surface area contributed by atoms with Crippen molar-refractivity contribution >= 4 is 38.6 Å². The highest BCUT2D eigenvalue weighted by Gasteiger charge is 2.32. The smallest absolute Gasteiger partial charge is 0.202 e. The lowest BCUT2D eigenvalue weighted by atomic mass is 10.2. The minimum Gasteiger partial charge on any atom is -0.369 e. The number of aromatic nitrogens is 3. The molecule has 0 radical (unpaired) electrons. The normalized spacial score (nSPS) is 22.1. The number of nitrogens with two attached hydrogens (primary N) is 1. The minimum atomic E-state index is -3.01. The molecule has 0 aliphatic carbocycles. The maximum atomic E-state index is 11.9. The van der Waals surface area contributed by atoms with E-state index in [0.717, 1.165) is 0 Å². The van der Waals surface area contributed by atoms with Gasteiger partial charge in [-0.3, -0.25) is 4.57 Å². The molecule has 0 aromatic carbocycles. The molecule has 0 saturated carbocycles. The second-order valence-corrected chi connectivity index (χ2v) is 7.55. The lowest BCUT2D eigenvalue weighted by Crippen LogP contribution is -2.23. The lowest BCUT2D eigenvalue weighted by molar-refractivity contribution is 0.570. The van der Waals surface area contributed by atoms with Crippen LogP contribution in [0.25, 0.3) is 11.2 Å². The van der Waals surface area contributed by atoms with Crippen molar-refractivity contribution in [1.29, 1.82) is 0 Å². The monoisotopic (exact) mass is 300 g/mol. The van der Waals surface area contributed by atoms with Crippen LogP contribution in [0.5, 0.6) is 0 Å². The Balaban J connectivity index is 2.03. The first-order valence-electron chi connectivity index (χ1n) is 5.96. The zero-order valence-corrected chi connectivity index (χ0v) is 11.7. The van der Waals surface area contributed by atoms with E-state index in [1.165, 1.54) is 6.20 Å². The number of pyridine rings is 1. The number of sulfone groups is 1. The van der Waals surface area contributed by atoms with Crippen molar-refractivity contribution in [3.05, 3.63) is 17.3 Å². The van der Waals surface area contributed by atoms with E-state index in [1.54, 1.807) is 10.6 Å². The van der Waals surface area contributed by atoms with Crippen LogP contribution >= 0.6 is 11.6 Å². The number of imidazole rings is 1. The molecular weight excluding hydrogens is 288 g/mol. The van der Waals surface area contributed by atoms with Crippen molar-refractivity contribution in [2.75, 3.05) is 11.5 Å². The molecule has 1 atom stereocenters. The fraction of sp³-hybridized carbons (Fsp3) is 0.455. The molecular formula is C11H13ClN4O2S. The van der Waals surface area contributed by atoms with Crippen molar-refractivity contribution < 1.29 is 8.42 Å². The summed E-state index contributed by atoms with van der Waals surface area (Å²) in [5.41, 5.74) is 7.00. The summed E-state index contributed by atoms with van der Waals surface area (Å²) in [5.74, 6) is 0.524. The van der Waals surface area contributed by atoms with Crippen LogP contribution < -0.4 is 5.73 Å². The summed E-state index contributed by atoms with van der Waals surface area (Å²) in [6.45, 7) is 0.305. The summed E-state index contributed by atoms with van der Waals surface area (Å²) >= 11 is 5.85. The third-order valence-corrected chi connectivity index (χ3v) is 5.90. The van der Waals surface area contributed by atoms with Crippen LogP contribution in [0.15, 0.2) is 12.3 Å². The van der Waals surface area contributed by atoms with E-state index in [9.17, 15) is 8.42 Å². The van der Waals surface area contributed by atoms with Gasteiger partial charge in [0.05, 0.1) is 16.0 Å². The van der Waals surface area contributed by atoms with Gasteiger partial charge in [0.1, 0.15) is 5.52 Å². The zero-order chi connectivity index (χ0) is 13.6. The Labute approximate surface area is 115 Å². The fourth-order valence-corrected chi connectivity index (χ4v) is 4.41. The van der Waals surface area contributed by atoms with Crippen molar-refractivity contribution in [1.82, 2.24) is 14.5 Å². The Bertz CT molecular complexity index is 740. The summed E-state index contributed by atoms with van der Waals surface area (Å²) < 4.78 is 25.4. The van der Waals surface area contributed by atoms with Gasteiger partial charge in [-0.2, -0.15) is 0 Å². The fourth-order valence-electron chi connectivity index (χ4n) is 2.45. The van der Waals surface area contributed by atoms with E-state index < -0.39 is 15.1 Å². The van der Waals surface area contributed by atoms with E-state index in [4.69, 9.17) is 17.3 Å². The molecule has 1 aliphatic heterocycles. The van der Waals surface area contributed by atoms with Crippen LogP contribution in [0.4, 0.5) is 5.95 Å². The molecule has 2 aromatic heterocycles. The van der Waals surface area contributed by atoms with Crippen LogP contribution in [-0.4, -0.2) is 34.0 Å². The van der Waals surface area contributed by atoms with Gasteiger partial charge in [0.25, 0.3) is 0 Å². The average Bonchev–Trinajstić information content (AvgIpc) is 2.80. The second-order valence-electron chi connectivity index (χ2n) is 4.71. The number of hydrogen-bond donors (Lipinski definition) is 1. The highest BCUT2D eigenvalue weighted by Crippen LogP contribution is 2.25. The molecule has 1 fully saturated rings. The van der Waals surface area contributed by atoms with E-state index >= 15 is 0 Å². The number of hydrogen-bond acceptors (Lipinski definition) is 5.